The number of nitrogens with zero attached hydrogens (tertiary/aromatic N) is 1. The molecule has 1 saturated heterocycles. The number of likely N-dealkylation sites (tertiary alicyclic amines) is 1. The average molecular weight is 273 g/mol. The summed E-state index contributed by atoms with van der Waals surface area (Å²) in [5.41, 5.74) is 1.08. The number of benzene rings is 1. The molecule has 1 N–H and O–H groups in total. The highest BCUT2D eigenvalue weighted by molar-refractivity contribution is 6.42. The lowest BCUT2D eigenvalue weighted by Crippen LogP contribution is -2.33. The Morgan fingerprint density at radius 3 is 2.82 bits per heavy atom. The monoisotopic (exact) mass is 272 g/mol. The van der Waals surface area contributed by atoms with Crippen LogP contribution >= 0.6 is 23.2 Å². The lowest BCUT2D eigenvalue weighted by atomic mass is 10.1. The van der Waals surface area contributed by atoms with Crippen LogP contribution in [0.1, 0.15) is 24.9 Å². The number of likely N-dealkylation sites (N-methyl/N-ethyl adjacent to an activating group) is 1. The van der Waals surface area contributed by atoms with Crippen LogP contribution in [-0.4, -0.2) is 31.1 Å². The van der Waals surface area contributed by atoms with Crippen LogP contribution in [0.5, 0.6) is 0 Å². The van der Waals surface area contributed by atoms with Crippen molar-refractivity contribution in [2.24, 2.45) is 0 Å². The molecule has 0 bridgehead atoms. The normalized spacial score (nSPS) is 22.9. The summed E-state index contributed by atoms with van der Waals surface area (Å²) in [5, 5.41) is 4.90. The Morgan fingerprint density at radius 1 is 1.41 bits per heavy atom. The van der Waals surface area contributed by atoms with Gasteiger partial charge in [0.1, 0.15) is 0 Å². The first-order valence-corrected chi connectivity index (χ1v) is 6.72. The summed E-state index contributed by atoms with van der Waals surface area (Å²) in [6.45, 7) is 4.39. The third-order valence-corrected chi connectivity index (χ3v) is 4.16. The summed E-state index contributed by atoms with van der Waals surface area (Å²) in [4.78, 5) is 2.34. The average Bonchev–Trinajstić information content (AvgIpc) is 2.68. The lowest BCUT2D eigenvalue weighted by molar-refractivity contribution is 0.387. The van der Waals surface area contributed by atoms with Gasteiger partial charge in [-0.05, 0) is 38.6 Å². The Labute approximate surface area is 113 Å². The van der Waals surface area contributed by atoms with Crippen molar-refractivity contribution in [2.75, 3.05) is 20.1 Å². The van der Waals surface area contributed by atoms with E-state index in [1.54, 1.807) is 0 Å². The smallest absolute Gasteiger partial charge is 0.0639 e. The molecule has 0 radical (unpaired) electrons. The molecule has 1 aromatic carbocycles. The molecule has 0 aromatic heterocycles. The third-order valence-electron chi connectivity index (χ3n) is 3.33. The summed E-state index contributed by atoms with van der Waals surface area (Å²) >= 11 is 12.2. The molecule has 2 rings (SSSR count). The SMILES string of the molecule is CC(NC1CCN(C)C1)c1cccc(Cl)c1Cl. The minimum absolute atomic E-state index is 0.234. The van der Waals surface area contributed by atoms with Gasteiger partial charge in [-0.2, -0.15) is 0 Å². The molecule has 2 atom stereocenters. The fourth-order valence-corrected chi connectivity index (χ4v) is 2.84. The third kappa shape index (κ3) is 3.14. The Kier molecular flexibility index (Phi) is 4.31. The van der Waals surface area contributed by atoms with Crippen LogP contribution in [0.25, 0.3) is 0 Å². The molecule has 1 aliphatic rings. The summed E-state index contributed by atoms with van der Waals surface area (Å²) in [7, 11) is 2.15. The second-order valence-corrected chi connectivity index (χ2v) is 5.56. The lowest BCUT2D eigenvalue weighted by Gasteiger charge is -2.21. The van der Waals surface area contributed by atoms with Crippen molar-refractivity contribution >= 4 is 23.2 Å². The van der Waals surface area contributed by atoms with Crippen molar-refractivity contribution in [2.45, 2.75) is 25.4 Å². The van der Waals surface area contributed by atoms with E-state index in [0.717, 1.165) is 18.7 Å². The molecule has 1 aliphatic heterocycles. The summed E-state index contributed by atoms with van der Waals surface area (Å²) in [6, 6.07) is 6.58. The van der Waals surface area contributed by atoms with Gasteiger partial charge in [-0.3, -0.25) is 0 Å². The summed E-state index contributed by atoms with van der Waals surface area (Å²) in [6.07, 6.45) is 1.19. The maximum absolute atomic E-state index is 6.22. The second kappa shape index (κ2) is 5.57. The number of hydrogen-bond donors (Lipinski definition) is 1. The largest absolute Gasteiger partial charge is 0.306 e. The summed E-state index contributed by atoms with van der Waals surface area (Å²) in [5.74, 6) is 0. The van der Waals surface area contributed by atoms with Gasteiger partial charge in [-0.15, -0.1) is 0 Å². The molecule has 4 heteroatoms. The van der Waals surface area contributed by atoms with E-state index in [-0.39, 0.29) is 6.04 Å². The van der Waals surface area contributed by atoms with Gasteiger partial charge in [-0.1, -0.05) is 35.3 Å². The first-order chi connectivity index (χ1) is 8.08. The Morgan fingerprint density at radius 2 is 2.18 bits per heavy atom. The predicted molar refractivity (Wildman–Crippen MR) is 73.9 cm³/mol. The van der Waals surface area contributed by atoms with Crippen molar-refractivity contribution < 1.29 is 0 Å². The van der Waals surface area contributed by atoms with Crippen LogP contribution < -0.4 is 5.32 Å². The molecule has 2 unspecified atom stereocenters. The highest BCUT2D eigenvalue weighted by Gasteiger charge is 2.22. The summed E-state index contributed by atoms with van der Waals surface area (Å²) < 4.78 is 0. The maximum Gasteiger partial charge on any atom is 0.0639 e. The van der Waals surface area contributed by atoms with Crippen molar-refractivity contribution in [3.8, 4) is 0 Å². The molecule has 1 fully saturated rings. The Bertz CT molecular complexity index is 395. The number of hydrogen-bond acceptors (Lipinski definition) is 2. The van der Waals surface area contributed by atoms with E-state index in [1.165, 1.54) is 6.42 Å². The molecule has 2 nitrogen and oxygen atoms in total. The Balaban J connectivity index is 2.04. The predicted octanol–water partition coefficient (Wildman–Crippen LogP) is 3.35. The fourth-order valence-electron chi connectivity index (χ4n) is 2.37. The molecule has 1 heterocycles. The van der Waals surface area contributed by atoms with E-state index in [9.17, 15) is 0 Å². The van der Waals surface area contributed by atoms with Crippen LogP contribution in [0.15, 0.2) is 18.2 Å². The molecule has 0 saturated carbocycles. The van der Waals surface area contributed by atoms with Gasteiger partial charge >= 0.3 is 0 Å². The molecule has 94 valence electrons. The highest BCUT2D eigenvalue weighted by Crippen LogP contribution is 2.30. The Hall–Kier alpha value is -0.280. The molecule has 1 aromatic rings. The number of rotatable bonds is 3. The van der Waals surface area contributed by atoms with E-state index < -0.39 is 0 Å². The van der Waals surface area contributed by atoms with E-state index in [1.807, 2.05) is 18.2 Å². The van der Waals surface area contributed by atoms with Crippen molar-refractivity contribution in [3.63, 3.8) is 0 Å². The van der Waals surface area contributed by atoms with E-state index >= 15 is 0 Å². The van der Waals surface area contributed by atoms with E-state index in [4.69, 9.17) is 23.2 Å². The molecule has 0 spiro atoms. The zero-order valence-electron chi connectivity index (χ0n) is 10.2. The number of halogens is 2. The fraction of sp³-hybridized carbons (Fsp3) is 0.538. The van der Waals surface area contributed by atoms with E-state index in [0.29, 0.717) is 16.1 Å². The highest BCUT2D eigenvalue weighted by atomic mass is 35.5. The molecular formula is C13H18Cl2N2. The zero-order chi connectivity index (χ0) is 12.4. The first-order valence-electron chi connectivity index (χ1n) is 5.96. The molecular weight excluding hydrogens is 255 g/mol. The maximum atomic E-state index is 6.22. The van der Waals surface area contributed by atoms with Gasteiger partial charge in [0.25, 0.3) is 0 Å². The minimum atomic E-state index is 0.234. The number of nitrogens with one attached hydrogen (secondary N) is 1. The van der Waals surface area contributed by atoms with Crippen molar-refractivity contribution in [3.05, 3.63) is 33.8 Å². The van der Waals surface area contributed by atoms with Gasteiger partial charge < -0.3 is 10.2 Å². The zero-order valence-corrected chi connectivity index (χ0v) is 11.7. The van der Waals surface area contributed by atoms with Gasteiger partial charge in [0.2, 0.25) is 0 Å². The minimum Gasteiger partial charge on any atom is -0.306 e. The van der Waals surface area contributed by atoms with Crippen molar-refractivity contribution in [1.82, 2.24) is 10.2 Å². The van der Waals surface area contributed by atoms with Crippen LogP contribution in [0, 0.1) is 0 Å². The second-order valence-electron chi connectivity index (χ2n) is 4.78. The van der Waals surface area contributed by atoms with Gasteiger partial charge in [0.05, 0.1) is 10.0 Å². The van der Waals surface area contributed by atoms with Gasteiger partial charge in [-0.25, -0.2) is 0 Å². The molecule has 17 heavy (non-hydrogen) atoms. The standard InChI is InChI=1S/C13H18Cl2N2/c1-9(16-10-6-7-17(2)8-10)11-4-3-5-12(14)13(11)15/h3-5,9-10,16H,6-8H2,1-2H3. The van der Waals surface area contributed by atoms with Crippen LogP contribution in [0.2, 0.25) is 10.0 Å². The van der Waals surface area contributed by atoms with E-state index in [2.05, 4.69) is 24.2 Å². The molecule has 0 amide bonds. The van der Waals surface area contributed by atoms with Crippen LogP contribution in [0.4, 0.5) is 0 Å². The first kappa shape index (κ1) is 13.2. The van der Waals surface area contributed by atoms with Crippen LogP contribution in [0.3, 0.4) is 0 Å². The quantitative estimate of drug-likeness (QED) is 0.908. The van der Waals surface area contributed by atoms with Gasteiger partial charge in [0.15, 0.2) is 0 Å². The van der Waals surface area contributed by atoms with Crippen molar-refractivity contribution in [1.29, 1.82) is 0 Å². The van der Waals surface area contributed by atoms with Gasteiger partial charge in [0, 0.05) is 18.6 Å². The van der Waals surface area contributed by atoms with Crippen LogP contribution in [-0.2, 0) is 0 Å². The molecule has 0 aliphatic carbocycles. The topological polar surface area (TPSA) is 15.3 Å².